The van der Waals surface area contributed by atoms with Crippen LogP contribution >= 0.6 is 11.6 Å². The summed E-state index contributed by atoms with van der Waals surface area (Å²) in [6.07, 6.45) is 0. The molecule has 0 spiro atoms. The smallest absolute Gasteiger partial charge is 0.339 e. The number of sulfonamides is 1. The van der Waals surface area contributed by atoms with Gasteiger partial charge in [0.25, 0.3) is 10.0 Å². The number of nitrogens with zero attached hydrogens (tertiary/aromatic N) is 1. The first kappa shape index (κ1) is 25.3. The van der Waals surface area contributed by atoms with Crippen LogP contribution in [0.25, 0.3) is 0 Å². The number of hydrogen-bond acceptors (Lipinski definition) is 5. The molecule has 0 heterocycles. The second-order valence-electron chi connectivity index (χ2n) is 7.51. The Bertz CT molecular complexity index is 1310. The lowest BCUT2D eigenvalue weighted by atomic mass is 10.1. The molecule has 1 amide bonds. The molecule has 0 aliphatic rings. The van der Waals surface area contributed by atoms with Crippen LogP contribution in [-0.2, 0) is 19.6 Å². The van der Waals surface area contributed by atoms with Crippen molar-refractivity contribution in [3.05, 3.63) is 88.4 Å². The number of rotatable bonds is 8. The number of ether oxygens (including phenoxy) is 1. The molecular weight excluding hydrogens is 476 g/mol. The zero-order valence-electron chi connectivity index (χ0n) is 19.0. The van der Waals surface area contributed by atoms with Crippen molar-refractivity contribution in [2.45, 2.75) is 25.7 Å². The number of carbonyl (C=O) groups is 2. The third-order valence-corrected chi connectivity index (χ3v) is 7.31. The first-order valence-corrected chi connectivity index (χ1v) is 12.4. The van der Waals surface area contributed by atoms with Crippen LogP contribution < -0.4 is 9.62 Å². The minimum Gasteiger partial charge on any atom is -0.462 e. The maximum atomic E-state index is 13.5. The van der Waals surface area contributed by atoms with Gasteiger partial charge in [-0.05, 0) is 68.3 Å². The van der Waals surface area contributed by atoms with Crippen molar-refractivity contribution in [1.82, 2.24) is 0 Å². The summed E-state index contributed by atoms with van der Waals surface area (Å²) in [7, 11) is -4.04. The van der Waals surface area contributed by atoms with Gasteiger partial charge >= 0.3 is 5.97 Å². The van der Waals surface area contributed by atoms with Crippen molar-refractivity contribution >= 4 is 44.9 Å². The minimum absolute atomic E-state index is 0.0693. The molecule has 3 aromatic carbocycles. The van der Waals surface area contributed by atoms with Crippen molar-refractivity contribution < 1.29 is 22.7 Å². The van der Waals surface area contributed by atoms with Crippen LogP contribution in [-0.4, -0.2) is 33.4 Å². The quantitative estimate of drug-likeness (QED) is 0.441. The van der Waals surface area contributed by atoms with Gasteiger partial charge in [-0.1, -0.05) is 41.9 Å². The van der Waals surface area contributed by atoms with Gasteiger partial charge in [0.05, 0.1) is 27.8 Å². The van der Waals surface area contributed by atoms with Gasteiger partial charge in [-0.25, -0.2) is 13.2 Å². The predicted octanol–water partition coefficient (Wildman–Crippen LogP) is 4.97. The average Bonchev–Trinajstić information content (AvgIpc) is 2.81. The second kappa shape index (κ2) is 10.7. The van der Waals surface area contributed by atoms with Crippen LogP contribution in [0.1, 0.15) is 28.4 Å². The van der Waals surface area contributed by atoms with Crippen LogP contribution in [0.4, 0.5) is 11.4 Å². The number of aryl methyl sites for hydroxylation is 1. The maximum absolute atomic E-state index is 13.5. The van der Waals surface area contributed by atoms with Crippen LogP contribution in [0.2, 0.25) is 5.02 Å². The fourth-order valence-electron chi connectivity index (χ4n) is 3.32. The molecule has 0 atom stereocenters. The topological polar surface area (TPSA) is 92.8 Å². The number of carbonyl (C=O) groups excluding carboxylic acids is 2. The second-order valence-corrected chi connectivity index (χ2v) is 9.78. The van der Waals surface area contributed by atoms with Crippen LogP contribution in [0.15, 0.2) is 71.6 Å². The summed E-state index contributed by atoms with van der Waals surface area (Å²) in [5.41, 5.74) is 2.43. The van der Waals surface area contributed by atoms with Gasteiger partial charge in [0.2, 0.25) is 5.91 Å². The molecule has 3 aromatic rings. The zero-order chi connectivity index (χ0) is 24.9. The number of amides is 1. The SMILES string of the molecule is CCOC(=O)c1cc(NC(=O)CN(c2cccc(C)c2C)S(=O)(=O)c2ccccc2)ccc1Cl. The third kappa shape index (κ3) is 5.58. The first-order chi connectivity index (χ1) is 16.1. The molecule has 34 heavy (non-hydrogen) atoms. The Morgan fingerprint density at radius 3 is 2.38 bits per heavy atom. The number of halogens is 1. The van der Waals surface area contributed by atoms with Crippen molar-refractivity contribution in [1.29, 1.82) is 0 Å². The van der Waals surface area contributed by atoms with E-state index in [0.717, 1.165) is 15.4 Å². The molecule has 3 rings (SSSR count). The lowest BCUT2D eigenvalue weighted by Crippen LogP contribution is -2.38. The molecule has 0 radical (unpaired) electrons. The summed E-state index contributed by atoms with van der Waals surface area (Å²) in [5.74, 6) is -1.20. The van der Waals surface area contributed by atoms with Gasteiger partial charge in [0.15, 0.2) is 0 Å². The Balaban J connectivity index is 1.95. The highest BCUT2D eigenvalue weighted by Crippen LogP contribution is 2.29. The van der Waals surface area contributed by atoms with Crippen molar-refractivity contribution in [2.24, 2.45) is 0 Å². The van der Waals surface area contributed by atoms with Gasteiger partial charge < -0.3 is 10.1 Å². The predicted molar refractivity (Wildman–Crippen MR) is 133 cm³/mol. The van der Waals surface area contributed by atoms with E-state index in [1.54, 1.807) is 44.2 Å². The Hall–Kier alpha value is -3.36. The molecule has 9 heteroatoms. The summed E-state index contributed by atoms with van der Waals surface area (Å²) >= 11 is 6.09. The maximum Gasteiger partial charge on any atom is 0.339 e. The van der Waals surface area contributed by atoms with E-state index in [9.17, 15) is 18.0 Å². The van der Waals surface area contributed by atoms with Gasteiger partial charge in [-0.3, -0.25) is 9.10 Å². The van der Waals surface area contributed by atoms with E-state index < -0.39 is 28.4 Å². The molecule has 1 N–H and O–H groups in total. The van der Waals surface area contributed by atoms with Crippen molar-refractivity contribution in [2.75, 3.05) is 22.8 Å². The molecule has 0 fully saturated rings. The minimum atomic E-state index is -4.04. The van der Waals surface area contributed by atoms with Crippen molar-refractivity contribution in [3.63, 3.8) is 0 Å². The Labute approximate surface area is 204 Å². The first-order valence-electron chi connectivity index (χ1n) is 10.6. The fourth-order valence-corrected chi connectivity index (χ4v) is 5.02. The fraction of sp³-hybridized carbons (Fsp3) is 0.200. The highest BCUT2D eigenvalue weighted by atomic mass is 35.5. The van der Waals surface area contributed by atoms with E-state index in [1.807, 2.05) is 13.0 Å². The monoisotopic (exact) mass is 500 g/mol. The summed E-state index contributed by atoms with van der Waals surface area (Å²) in [6, 6.07) is 17.6. The number of anilines is 2. The summed E-state index contributed by atoms with van der Waals surface area (Å²) in [5, 5.41) is 2.83. The van der Waals surface area contributed by atoms with Crippen molar-refractivity contribution in [3.8, 4) is 0 Å². The van der Waals surface area contributed by atoms with Gasteiger partial charge in [0, 0.05) is 5.69 Å². The molecule has 0 bridgehead atoms. The summed E-state index contributed by atoms with van der Waals surface area (Å²) < 4.78 is 33.1. The summed E-state index contributed by atoms with van der Waals surface area (Å²) in [4.78, 5) is 25.2. The molecule has 7 nitrogen and oxygen atoms in total. The largest absolute Gasteiger partial charge is 0.462 e. The molecule has 0 saturated carbocycles. The molecule has 0 saturated heterocycles. The van der Waals surface area contributed by atoms with Crippen LogP contribution in [0.5, 0.6) is 0 Å². The zero-order valence-corrected chi connectivity index (χ0v) is 20.6. The lowest BCUT2D eigenvalue weighted by molar-refractivity contribution is -0.114. The highest BCUT2D eigenvalue weighted by Gasteiger charge is 2.28. The van der Waals surface area contributed by atoms with Gasteiger partial charge in [0.1, 0.15) is 6.54 Å². The molecule has 178 valence electrons. The van der Waals surface area contributed by atoms with Crippen LogP contribution in [0, 0.1) is 13.8 Å². The molecular formula is C25H25ClN2O5S. The Morgan fingerprint density at radius 2 is 1.71 bits per heavy atom. The molecule has 0 aliphatic carbocycles. The number of nitrogens with one attached hydrogen (secondary N) is 1. The Morgan fingerprint density at radius 1 is 1.00 bits per heavy atom. The average molecular weight is 501 g/mol. The number of esters is 1. The number of hydrogen-bond donors (Lipinski definition) is 1. The Kier molecular flexibility index (Phi) is 7.96. The van der Waals surface area contributed by atoms with Crippen LogP contribution in [0.3, 0.4) is 0 Å². The summed E-state index contributed by atoms with van der Waals surface area (Å²) in [6.45, 7) is 5.05. The molecule has 0 aliphatic heterocycles. The number of benzene rings is 3. The molecule has 0 aromatic heterocycles. The normalized spacial score (nSPS) is 11.1. The van der Waals surface area contributed by atoms with Gasteiger partial charge in [-0.2, -0.15) is 0 Å². The van der Waals surface area contributed by atoms with Gasteiger partial charge in [-0.15, -0.1) is 0 Å². The highest BCUT2D eigenvalue weighted by molar-refractivity contribution is 7.92. The van der Waals surface area contributed by atoms with E-state index in [0.29, 0.717) is 5.69 Å². The molecule has 0 unspecified atom stereocenters. The van der Waals surface area contributed by atoms with E-state index in [-0.39, 0.29) is 27.8 Å². The standard InChI is InChI=1S/C25H25ClN2O5S/c1-4-33-25(30)21-15-19(13-14-22(21)26)27-24(29)16-28(23-12-8-9-17(2)18(23)3)34(31,32)20-10-6-5-7-11-20/h5-15H,4,16H2,1-3H3,(H,27,29). The van der Waals surface area contributed by atoms with E-state index in [2.05, 4.69) is 5.32 Å². The van der Waals surface area contributed by atoms with E-state index in [1.165, 1.54) is 30.3 Å². The van der Waals surface area contributed by atoms with E-state index in [4.69, 9.17) is 16.3 Å². The lowest BCUT2D eigenvalue weighted by Gasteiger charge is -2.26. The third-order valence-electron chi connectivity index (χ3n) is 5.21. The van der Waals surface area contributed by atoms with E-state index >= 15 is 0 Å².